The van der Waals surface area contributed by atoms with Gasteiger partial charge in [-0.1, -0.05) is 59.8 Å². The molecular weight excluding hydrogens is 132 g/mol. The van der Waals surface area contributed by atoms with Crippen molar-refractivity contribution in [3.8, 4) is 0 Å². The van der Waals surface area contributed by atoms with Crippen LogP contribution >= 0.6 is 0 Å². The molecule has 0 aromatic rings. The maximum absolute atomic E-state index is 3.00. The average Bonchev–Trinajstić information content (AvgIpc) is 2.10. The Hall–Kier alpha value is -0.260. The van der Waals surface area contributed by atoms with Crippen LogP contribution in [0.15, 0.2) is 13.2 Å². The SMILES string of the molecule is C=C.CCCC.CCCCC. The van der Waals surface area contributed by atoms with Crippen LogP contribution in [0.2, 0.25) is 0 Å². The third-order valence-electron chi connectivity index (χ3n) is 1.21. The fourth-order valence-corrected chi connectivity index (χ4v) is 0.354. The van der Waals surface area contributed by atoms with Crippen molar-refractivity contribution in [2.24, 2.45) is 0 Å². The first-order valence-corrected chi connectivity index (χ1v) is 4.83. The molecule has 0 N–H and O–H groups in total. The molecule has 0 spiro atoms. The molecule has 0 unspecified atom stereocenters. The molecule has 70 valence electrons. The molecule has 0 saturated carbocycles. The summed E-state index contributed by atoms with van der Waals surface area (Å²) >= 11 is 0. The Labute approximate surface area is 73.7 Å². The Morgan fingerprint density at radius 3 is 0.909 bits per heavy atom. The highest BCUT2D eigenvalue weighted by Crippen LogP contribution is 1.88. The third-order valence-corrected chi connectivity index (χ3v) is 1.21. The van der Waals surface area contributed by atoms with Crippen LogP contribution in [0.1, 0.15) is 59.8 Å². The van der Waals surface area contributed by atoms with Crippen LogP contribution < -0.4 is 0 Å². The lowest BCUT2D eigenvalue weighted by molar-refractivity contribution is 0.772. The van der Waals surface area contributed by atoms with Crippen molar-refractivity contribution in [2.45, 2.75) is 59.8 Å². The highest BCUT2D eigenvalue weighted by atomic mass is 13.7. The first-order chi connectivity index (χ1) is 5.33. The summed E-state index contributed by atoms with van der Waals surface area (Å²) in [6, 6.07) is 0. The number of hydrogen-bond donors (Lipinski definition) is 0. The molecule has 0 radical (unpaired) electrons. The van der Waals surface area contributed by atoms with Gasteiger partial charge in [-0.3, -0.25) is 0 Å². The van der Waals surface area contributed by atoms with Crippen molar-refractivity contribution in [3.63, 3.8) is 0 Å². The van der Waals surface area contributed by atoms with E-state index in [4.69, 9.17) is 0 Å². The van der Waals surface area contributed by atoms with E-state index in [0.717, 1.165) is 0 Å². The molecule has 0 heterocycles. The van der Waals surface area contributed by atoms with Gasteiger partial charge >= 0.3 is 0 Å². The van der Waals surface area contributed by atoms with Crippen LogP contribution in [0.5, 0.6) is 0 Å². The lowest BCUT2D eigenvalue weighted by Gasteiger charge is -1.79. The first-order valence-electron chi connectivity index (χ1n) is 4.83. The normalized spacial score (nSPS) is 6.91. The molecule has 0 aliphatic rings. The Morgan fingerprint density at radius 1 is 0.636 bits per heavy atom. The van der Waals surface area contributed by atoms with Gasteiger partial charge in [-0.15, -0.1) is 13.2 Å². The van der Waals surface area contributed by atoms with Crippen LogP contribution in [-0.4, -0.2) is 0 Å². The van der Waals surface area contributed by atoms with E-state index in [0.29, 0.717) is 0 Å². The van der Waals surface area contributed by atoms with E-state index < -0.39 is 0 Å². The quantitative estimate of drug-likeness (QED) is 0.517. The Morgan fingerprint density at radius 2 is 0.909 bits per heavy atom. The van der Waals surface area contributed by atoms with Crippen LogP contribution in [0, 0.1) is 0 Å². The third kappa shape index (κ3) is 77.7. The van der Waals surface area contributed by atoms with Crippen molar-refractivity contribution in [2.75, 3.05) is 0 Å². The highest BCUT2D eigenvalue weighted by Gasteiger charge is 1.68. The van der Waals surface area contributed by atoms with E-state index in [2.05, 4.69) is 40.9 Å². The zero-order valence-corrected chi connectivity index (χ0v) is 8.95. The van der Waals surface area contributed by atoms with Crippen molar-refractivity contribution in [3.05, 3.63) is 13.2 Å². The van der Waals surface area contributed by atoms with Gasteiger partial charge in [0.05, 0.1) is 0 Å². The standard InChI is InChI=1S/C5H12.C4H10.C2H4/c1-3-5-4-2;1-3-4-2;1-2/h3-5H2,1-2H3;3-4H2,1-2H3;1-2H2. The fraction of sp³-hybridized carbons (Fsp3) is 0.818. The largest absolute Gasteiger partial charge is 0.106 e. The molecule has 0 heteroatoms. The predicted octanol–water partition coefficient (Wildman–Crippen LogP) is 4.81. The summed E-state index contributed by atoms with van der Waals surface area (Å²) in [6.07, 6.45) is 6.72. The van der Waals surface area contributed by atoms with E-state index in [1.807, 2.05) is 0 Å². The second-order valence-corrected chi connectivity index (χ2v) is 2.35. The van der Waals surface area contributed by atoms with Crippen LogP contribution in [-0.2, 0) is 0 Å². The molecule has 0 rings (SSSR count). The monoisotopic (exact) mass is 158 g/mol. The minimum atomic E-state index is 1.32. The molecule has 0 aliphatic heterocycles. The Bertz CT molecular complexity index is 27.0. The molecule has 0 fully saturated rings. The summed E-state index contributed by atoms with van der Waals surface area (Å²) in [6.45, 7) is 14.8. The van der Waals surface area contributed by atoms with E-state index in [-0.39, 0.29) is 0 Å². The van der Waals surface area contributed by atoms with Crippen LogP contribution in [0.4, 0.5) is 0 Å². The molecule has 0 aromatic heterocycles. The summed E-state index contributed by atoms with van der Waals surface area (Å²) in [4.78, 5) is 0. The Balaban J connectivity index is -0.0000000965. The molecule has 11 heavy (non-hydrogen) atoms. The topological polar surface area (TPSA) is 0 Å². The average molecular weight is 158 g/mol. The van der Waals surface area contributed by atoms with Gasteiger partial charge in [-0.05, 0) is 0 Å². The van der Waals surface area contributed by atoms with Crippen molar-refractivity contribution < 1.29 is 0 Å². The minimum absolute atomic E-state index is 1.32. The molecule has 0 nitrogen and oxygen atoms in total. The lowest BCUT2D eigenvalue weighted by atomic mass is 10.3. The molecule has 0 bridgehead atoms. The fourth-order valence-electron chi connectivity index (χ4n) is 0.354. The van der Waals surface area contributed by atoms with Gasteiger partial charge in [-0.25, -0.2) is 0 Å². The Kier molecular flexibility index (Phi) is 51.2. The van der Waals surface area contributed by atoms with Crippen LogP contribution in [0.25, 0.3) is 0 Å². The second-order valence-electron chi connectivity index (χ2n) is 2.35. The molecular formula is C11H26. The summed E-state index contributed by atoms with van der Waals surface area (Å²) < 4.78 is 0. The van der Waals surface area contributed by atoms with Gasteiger partial charge in [0.1, 0.15) is 0 Å². The smallest absolute Gasteiger partial charge is 0.0538 e. The molecule has 0 amide bonds. The second kappa shape index (κ2) is 33.1. The summed E-state index contributed by atoms with van der Waals surface area (Å²) in [5.41, 5.74) is 0. The van der Waals surface area contributed by atoms with Gasteiger partial charge in [-0.2, -0.15) is 0 Å². The first kappa shape index (κ1) is 17.0. The van der Waals surface area contributed by atoms with Gasteiger partial charge in [0.25, 0.3) is 0 Å². The van der Waals surface area contributed by atoms with E-state index in [1.165, 1.54) is 32.1 Å². The molecule has 0 atom stereocenters. The van der Waals surface area contributed by atoms with Crippen molar-refractivity contribution >= 4 is 0 Å². The summed E-state index contributed by atoms with van der Waals surface area (Å²) in [7, 11) is 0. The summed E-state index contributed by atoms with van der Waals surface area (Å²) in [5.74, 6) is 0. The van der Waals surface area contributed by atoms with E-state index in [1.54, 1.807) is 0 Å². The highest BCUT2D eigenvalue weighted by molar-refractivity contribution is 4.24. The predicted molar refractivity (Wildman–Crippen MR) is 57.0 cm³/mol. The van der Waals surface area contributed by atoms with Crippen LogP contribution in [0.3, 0.4) is 0 Å². The molecule has 0 aliphatic carbocycles. The minimum Gasteiger partial charge on any atom is -0.106 e. The van der Waals surface area contributed by atoms with Crippen molar-refractivity contribution in [1.82, 2.24) is 0 Å². The number of rotatable bonds is 3. The van der Waals surface area contributed by atoms with Gasteiger partial charge in [0.15, 0.2) is 0 Å². The van der Waals surface area contributed by atoms with Crippen molar-refractivity contribution in [1.29, 1.82) is 0 Å². The number of unbranched alkanes of at least 4 members (excludes halogenated alkanes) is 3. The van der Waals surface area contributed by atoms with Gasteiger partial charge in [0, 0.05) is 0 Å². The maximum atomic E-state index is 3.00. The maximum Gasteiger partial charge on any atom is -0.0538 e. The molecule has 0 saturated heterocycles. The zero-order valence-electron chi connectivity index (χ0n) is 8.95. The van der Waals surface area contributed by atoms with E-state index >= 15 is 0 Å². The van der Waals surface area contributed by atoms with Gasteiger partial charge < -0.3 is 0 Å². The lowest BCUT2D eigenvalue weighted by Crippen LogP contribution is -1.59. The van der Waals surface area contributed by atoms with Gasteiger partial charge in [0.2, 0.25) is 0 Å². The number of hydrogen-bond acceptors (Lipinski definition) is 0. The van der Waals surface area contributed by atoms with E-state index in [9.17, 15) is 0 Å². The zero-order chi connectivity index (χ0) is 9.54. The summed E-state index contributed by atoms with van der Waals surface area (Å²) in [5, 5.41) is 0. The molecule has 0 aromatic carbocycles.